The summed E-state index contributed by atoms with van der Waals surface area (Å²) in [5, 5.41) is 3.33. The van der Waals surface area contributed by atoms with Gasteiger partial charge in [-0.15, -0.1) is 0 Å². The van der Waals surface area contributed by atoms with E-state index in [1.165, 1.54) is 50.5 Å². The number of sulfonamides is 1. The molecule has 2 rings (SSSR count). The number of anilines is 2. The fourth-order valence-corrected chi connectivity index (χ4v) is 3.80. The highest BCUT2D eigenvalue weighted by atomic mass is 32.2. The van der Waals surface area contributed by atoms with Gasteiger partial charge < -0.3 is 11.1 Å². The Hall–Kier alpha value is -1.27. The maximum Gasteiger partial charge on any atom is 0.244 e. The fourth-order valence-electron chi connectivity index (χ4n) is 2.77. The van der Waals surface area contributed by atoms with Gasteiger partial charge in [-0.3, -0.25) is 0 Å². The zero-order valence-corrected chi connectivity index (χ0v) is 13.6. The molecule has 0 radical (unpaired) electrons. The third kappa shape index (κ3) is 3.68. The van der Waals surface area contributed by atoms with Crippen LogP contribution in [-0.4, -0.2) is 33.4 Å². The van der Waals surface area contributed by atoms with Crippen LogP contribution in [0.1, 0.15) is 32.1 Å². The quantitative estimate of drug-likeness (QED) is 0.819. The number of rotatable bonds is 5. The summed E-state index contributed by atoms with van der Waals surface area (Å²) in [5.41, 5.74) is 7.07. The second-order valence-corrected chi connectivity index (χ2v) is 8.01. The first-order chi connectivity index (χ1) is 9.93. The van der Waals surface area contributed by atoms with E-state index in [4.69, 9.17) is 5.73 Å². The van der Waals surface area contributed by atoms with Crippen molar-refractivity contribution in [3.8, 4) is 0 Å². The van der Waals surface area contributed by atoms with Crippen LogP contribution in [-0.2, 0) is 10.0 Å². The Morgan fingerprint density at radius 2 is 1.90 bits per heavy atom. The molecule has 0 aliphatic heterocycles. The van der Waals surface area contributed by atoms with Crippen molar-refractivity contribution in [2.45, 2.75) is 37.0 Å². The highest BCUT2D eigenvalue weighted by Gasteiger charge is 2.22. The number of nitrogens with zero attached hydrogens (tertiary/aromatic N) is 1. The molecule has 0 unspecified atom stereocenters. The van der Waals surface area contributed by atoms with Gasteiger partial charge in [0.1, 0.15) is 4.90 Å². The van der Waals surface area contributed by atoms with E-state index in [9.17, 15) is 8.42 Å². The van der Waals surface area contributed by atoms with Crippen LogP contribution < -0.4 is 11.1 Å². The van der Waals surface area contributed by atoms with E-state index >= 15 is 0 Å². The Morgan fingerprint density at radius 3 is 2.52 bits per heavy atom. The van der Waals surface area contributed by atoms with Gasteiger partial charge in [0, 0.05) is 20.6 Å². The smallest absolute Gasteiger partial charge is 0.244 e. The molecule has 1 fully saturated rings. The average molecular weight is 311 g/mol. The van der Waals surface area contributed by atoms with Gasteiger partial charge in [0.2, 0.25) is 10.0 Å². The van der Waals surface area contributed by atoms with Crippen LogP contribution >= 0.6 is 0 Å². The second kappa shape index (κ2) is 6.66. The van der Waals surface area contributed by atoms with E-state index in [2.05, 4.69) is 5.32 Å². The number of nitrogens with one attached hydrogen (secondary N) is 1. The Morgan fingerprint density at radius 1 is 1.24 bits per heavy atom. The molecule has 1 aliphatic carbocycles. The Bertz CT molecular complexity index is 579. The van der Waals surface area contributed by atoms with Crippen LogP contribution in [0.15, 0.2) is 23.1 Å². The molecule has 0 aromatic heterocycles. The van der Waals surface area contributed by atoms with E-state index in [0.29, 0.717) is 17.3 Å². The summed E-state index contributed by atoms with van der Waals surface area (Å²) in [6, 6.07) is 5.12. The zero-order chi connectivity index (χ0) is 15.5. The number of benzene rings is 1. The molecule has 21 heavy (non-hydrogen) atoms. The van der Waals surface area contributed by atoms with Gasteiger partial charge >= 0.3 is 0 Å². The van der Waals surface area contributed by atoms with E-state index in [0.717, 1.165) is 6.54 Å². The topological polar surface area (TPSA) is 75.4 Å². The first kappa shape index (κ1) is 16.1. The molecule has 5 nitrogen and oxygen atoms in total. The van der Waals surface area contributed by atoms with Gasteiger partial charge in [0.25, 0.3) is 0 Å². The van der Waals surface area contributed by atoms with Crippen molar-refractivity contribution >= 4 is 21.4 Å². The van der Waals surface area contributed by atoms with E-state index < -0.39 is 10.0 Å². The maximum absolute atomic E-state index is 12.2. The summed E-state index contributed by atoms with van der Waals surface area (Å²) in [7, 11) is -0.483. The lowest BCUT2D eigenvalue weighted by molar-refractivity contribution is 0.373. The highest BCUT2D eigenvalue weighted by Crippen LogP contribution is 2.29. The normalized spacial score (nSPS) is 17.1. The molecule has 0 heterocycles. The van der Waals surface area contributed by atoms with Crippen LogP contribution in [0.4, 0.5) is 11.4 Å². The second-order valence-electron chi connectivity index (χ2n) is 5.89. The number of nitrogen functional groups attached to an aromatic ring is 1. The van der Waals surface area contributed by atoms with Crippen molar-refractivity contribution < 1.29 is 8.42 Å². The van der Waals surface area contributed by atoms with E-state index in [1.807, 2.05) is 6.07 Å². The van der Waals surface area contributed by atoms with Crippen molar-refractivity contribution in [1.29, 1.82) is 0 Å². The highest BCUT2D eigenvalue weighted by molar-refractivity contribution is 7.89. The van der Waals surface area contributed by atoms with Gasteiger partial charge in [0.15, 0.2) is 0 Å². The SMILES string of the molecule is CN(C)S(=O)(=O)c1cccc(NCC2CCCCC2)c1N. The predicted molar refractivity (Wildman–Crippen MR) is 86.8 cm³/mol. The predicted octanol–water partition coefficient (Wildman–Crippen LogP) is 2.51. The number of hydrogen-bond acceptors (Lipinski definition) is 4. The molecule has 1 saturated carbocycles. The van der Waals surface area contributed by atoms with Gasteiger partial charge in [-0.2, -0.15) is 0 Å². The van der Waals surface area contributed by atoms with Gasteiger partial charge in [-0.1, -0.05) is 25.3 Å². The van der Waals surface area contributed by atoms with Gasteiger partial charge in [-0.05, 0) is 30.9 Å². The summed E-state index contributed by atoms with van der Waals surface area (Å²) in [4.78, 5) is 0.168. The van der Waals surface area contributed by atoms with Crippen LogP contribution in [0, 0.1) is 5.92 Å². The largest absolute Gasteiger partial charge is 0.396 e. The summed E-state index contributed by atoms with van der Waals surface area (Å²) in [6.45, 7) is 0.857. The van der Waals surface area contributed by atoms with Crippen molar-refractivity contribution in [3.05, 3.63) is 18.2 Å². The molecule has 1 aromatic rings. The molecule has 3 N–H and O–H groups in total. The third-order valence-electron chi connectivity index (χ3n) is 4.13. The van der Waals surface area contributed by atoms with Gasteiger partial charge in [0.05, 0.1) is 11.4 Å². The monoisotopic (exact) mass is 311 g/mol. The Labute approximate surface area is 127 Å². The lowest BCUT2D eigenvalue weighted by atomic mass is 9.89. The first-order valence-corrected chi connectivity index (χ1v) is 8.92. The van der Waals surface area contributed by atoms with Crippen molar-refractivity contribution in [1.82, 2.24) is 4.31 Å². The molecular formula is C15H25N3O2S. The minimum Gasteiger partial charge on any atom is -0.396 e. The zero-order valence-electron chi connectivity index (χ0n) is 12.8. The van der Waals surface area contributed by atoms with Gasteiger partial charge in [-0.25, -0.2) is 12.7 Å². The average Bonchev–Trinajstić information content (AvgIpc) is 2.47. The standard InChI is InChI=1S/C15H25N3O2S/c1-18(2)21(19,20)14-10-6-9-13(15(14)16)17-11-12-7-4-3-5-8-12/h6,9-10,12,17H,3-5,7-8,11,16H2,1-2H3. The Kier molecular flexibility index (Phi) is 5.11. The molecule has 118 valence electrons. The van der Waals surface area contributed by atoms with E-state index in [-0.39, 0.29) is 4.90 Å². The molecule has 0 atom stereocenters. The van der Waals surface area contributed by atoms with Crippen molar-refractivity contribution in [2.24, 2.45) is 5.92 Å². The summed E-state index contributed by atoms with van der Waals surface area (Å²) >= 11 is 0. The lowest BCUT2D eigenvalue weighted by Crippen LogP contribution is -2.24. The minimum atomic E-state index is -3.50. The van der Waals surface area contributed by atoms with Crippen LogP contribution in [0.2, 0.25) is 0 Å². The van der Waals surface area contributed by atoms with Crippen molar-refractivity contribution in [3.63, 3.8) is 0 Å². The molecule has 1 aliphatic rings. The van der Waals surface area contributed by atoms with E-state index in [1.54, 1.807) is 12.1 Å². The minimum absolute atomic E-state index is 0.168. The van der Waals surface area contributed by atoms with Crippen molar-refractivity contribution in [2.75, 3.05) is 31.7 Å². The number of para-hydroxylation sites is 1. The molecule has 6 heteroatoms. The summed E-state index contributed by atoms with van der Waals surface area (Å²) < 4.78 is 25.6. The molecule has 1 aromatic carbocycles. The first-order valence-electron chi connectivity index (χ1n) is 7.48. The molecule has 0 bridgehead atoms. The summed E-state index contributed by atoms with van der Waals surface area (Å²) in [5.74, 6) is 0.660. The Balaban J connectivity index is 2.14. The fraction of sp³-hybridized carbons (Fsp3) is 0.600. The number of nitrogens with two attached hydrogens (primary N) is 1. The molecule has 0 saturated heterocycles. The van der Waals surface area contributed by atoms with Crippen LogP contribution in [0.5, 0.6) is 0 Å². The lowest BCUT2D eigenvalue weighted by Gasteiger charge is -2.23. The molecule has 0 amide bonds. The maximum atomic E-state index is 12.2. The number of hydrogen-bond donors (Lipinski definition) is 2. The van der Waals surface area contributed by atoms with Crippen LogP contribution in [0.3, 0.4) is 0 Å². The summed E-state index contributed by atoms with van der Waals surface area (Å²) in [6.07, 6.45) is 6.38. The van der Waals surface area contributed by atoms with Crippen LogP contribution in [0.25, 0.3) is 0 Å². The molecule has 0 spiro atoms. The third-order valence-corrected chi connectivity index (χ3v) is 6.00. The molecular weight excluding hydrogens is 286 g/mol.